The van der Waals surface area contributed by atoms with Crippen LogP contribution >= 0.6 is 0 Å². The van der Waals surface area contributed by atoms with E-state index in [4.69, 9.17) is 5.73 Å². The van der Waals surface area contributed by atoms with E-state index in [1.165, 1.54) is 19.2 Å². The van der Waals surface area contributed by atoms with Gasteiger partial charge in [-0.3, -0.25) is 14.6 Å². The molecule has 0 saturated heterocycles. The molecule has 1 rings (SSSR count). The average Bonchev–Trinajstić information content (AvgIpc) is 2.04. The normalized spacial score (nSPS) is 9.42. The number of hydrogen-bond donors (Lipinski definition) is 1. The van der Waals surface area contributed by atoms with Gasteiger partial charge in [-0.15, -0.1) is 0 Å². The molecule has 0 aliphatic carbocycles. The van der Waals surface area contributed by atoms with Crippen molar-refractivity contribution in [3.8, 4) is 0 Å². The van der Waals surface area contributed by atoms with Gasteiger partial charge in [0.1, 0.15) is 5.69 Å². The van der Waals surface area contributed by atoms with Crippen LogP contribution in [0.2, 0.25) is 0 Å². The highest BCUT2D eigenvalue weighted by Gasteiger charge is 2.11. The van der Waals surface area contributed by atoms with Crippen molar-refractivity contribution in [3.05, 3.63) is 29.6 Å². The Kier molecular flexibility index (Phi) is 2.19. The zero-order chi connectivity index (χ0) is 9.14. The number of rotatable bonds is 2. The molecular formula is C8H8N2O2. The monoisotopic (exact) mass is 164 g/mol. The Hall–Kier alpha value is -1.71. The van der Waals surface area contributed by atoms with Crippen LogP contribution in [0.3, 0.4) is 0 Å². The molecule has 2 N–H and O–H groups in total. The lowest BCUT2D eigenvalue weighted by Crippen LogP contribution is -2.17. The highest BCUT2D eigenvalue weighted by molar-refractivity contribution is 6.05. The maximum Gasteiger partial charge on any atom is 0.268 e. The van der Waals surface area contributed by atoms with Crippen molar-refractivity contribution in [1.82, 2.24) is 4.98 Å². The molecule has 62 valence electrons. The first-order valence-corrected chi connectivity index (χ1v) is 3.38. The summed E-state index contributed by atoms with van der Waals surface area (Å²) in [6.07, 6.45) is 1.42. The second-order valence-electron chi connectivity index (χ2n) is 2.32. The zero-order valence-electron chi connectivity index (χ0n) is 6.57. The van der Waals surface area contributed by atoms with Crippen molar-refractivity contribution in [2.75, 3.05) is 0 Å². The minimum atomic E-state index is -0.680. The maximum absolute atomic E-state index is 10.9. The van der Waals surface area contributed by atoms with Crippen molar-refractivity contribution in [1.29, 1.82) is 0 Å². The fourth-order valence-corrected chi connectivity index (χ4v) is 0.886. The summed E-state index contributed by atoms with van der Waals surface area (Å²) >= 11 is 0. The Bertz CT molecular complexity index is 301. The predicted molar refractivity (Wildman–Crippen MR) is 42.8 cm³/mol. The van der Waals surface area contributed by atoms with Crippen LogP contribution in [0.15, 0.2) is 18.3 Å². The summed E-state index contributed by atoms with van der Waals surface area (Å²) < 4.78 is 0. The fraction of sp³-hybridized carbons (Fsp3) is 0.125. The summed E-state index contributed by atoms with van der Waals surface area (Å²) in [5.41, 5.74) is 5.30. The molecule has 1 aromatic rings. The first-order valence-electron chi connectivity index (χ1n) is 3.38. The van der Waals surface area contributed by atoms with Crippen LogP contribution in [0.1, 0.15) is 27.8 Å². The van der Waals surface area contributed by atoms with Crippen LogP contribution in [0.25, 0.3) is 0 Å². The van der Waals surface area contributed by atoms with Gasteiger partial charge in [-0.25, -0.2) is 0 Å². The van der Waals surface area contributed by atoms with E-state index in [1.54, 1.807) is 6.07 Å². The van der Waals surface area contributed by atoms with Crippen LogP contribution in [0, 0.1) is 0 Å². The van der Waals surface area contributed by atoms with Crippen molar-refractivity contribution >= 4 is 11.7 Å². The number of nitrogens with two attached hydrogens (primary N) is 1. The van der Waals surface area contributed by atoms with E-state index in [0.717, 1.165) is 0 Å². The van der Waals surface area contributed by atoms with Crippen molar-refractivity contribution in [2.24, 2.45) is 5.73 Å². The summed E-state index contributed by atoms with van der Waals surface area (Å²) in [6, 6.07) is 3.11. The van der Waals surface area contributed by atoms with E-state index in [0.29, 0.717) is 0 Å². The molecule has 0 aliphatic heterocycles. The lowest BCUT2D eigenvalue weighted by atomic mass is 10.1. The molecule has 1 aromatic heterocycles. The van der Waals surface area contributed by atoms with E-state index < -0.39 is 5.91 Å². The van der Waals surface area contributed by atoms with E-state index in [-0.39, 0.29) is 17.0 Å². The van der Waals surface area contributed by atoms with Crippen molar-refractivity contribution < 1.29 is 9.59 Å². The molecule has 0 atom stereocenters. The van der Waals surface area contributed by atoms with E-state index in [2.05, 4.69) is 4.98 Å². The third-order valence-corrected chi connectivity index (χ3v) is 1.42. The standard InChI is InChI=1S/C8H8N2O2/c1-5(11)6-3-2-4-10-7(6)8(9)12/h2-4H,1H3,(H2,9,12). The van der Waals surface area contributed by atoms with Crippen LogP contribution in [-0.2, 0) is 0 Å². The van der Waals surface area contributed by atoms with Gasteiger partial charge < -0.3 is 5.73 Å². The van der Waals surface area contributed by atoms with Crippen LogP contribution in [0.4, 0.5) is 0 Å². The van der Waals surface area contributed by atoms with Gasteiger partial charge in [0.25, 0.3) is 5.91 Å². The highest BCUT2D eigenvalue weighted by atomic mass is 16.1. The number of ketones is 1. The molecule has 4 nitrogen and oxygen atoms in total. The van der Waals surface area contributed by atoms with Crippen molar-refractivity contribution in [2.45, 2.75) is 6.92 Å². The highest BCUT2D eigenvalue weighted by Crippen LogP contribution is 2.04. The van der Waals surface area contributed by atoms with Gasteiger partial charge in [0.15, 0.2) is 5.78 Å². The molecule has 0 spiro atoms. The molecular weight excluding hydrogens is 156 g/mol. The maximum atomic E-state index is 10.9. The molecule has 0 aromatic carbocycles. The predicted octanol–water partition coefficient (Wildman–Crippen LogP) is 0.383. The number of carbonyl (C=O) groups is 2. The summed E-state index contributed by atoms with van der Waals surface area (Å²) in [5, 5.41) is 0. The van der Waals surface area contributed by atoms with Crippen LogP contribution in [0.5, 0.6) is 0 Å². The second-order valence-corrected chi connectivity index (χ2v) is 2.32. The molecule has 0 bridgehead atoms. The Morgan fingerprint density at radius 2 is 2.17 bits per heavy atom. The smallest absolute Gasteiger partial charge is 0.268 e. The van der Waals surface area contributed by atoms with Crippen molar-refractivity contribution in [3.63, 3.8) is 0 Å². The first kappa shape index (κ1) is 8.39. The summed E-state index contributed by atoms with van der Waals surface area (Å²) in [4.78, 5) is 25.4. The fourth-order valence-electron chi connectivity index (χ4n) is 0.886. The van der Waals surface area contributed by atoms with Gasteiger partial charge in [-0.1, -0.05) is 0 Å². The van der Waals surface area contributed by atoms with Gasteiger partial charge in [0.05, 0.1) is 0 Å². The molecule has 0 radical (unpaired) electrons. The van der Waals surface area contributed by atoms with E-state index in [9.17, 15) is 9.59 Å². The van der Waals surface area contributed by atoms with E-state index >= 15 is 0 Å². The number of amides is 1. The number of Topliss-reactive ketones (excluding diaryl/α,β-unsaturated/α-hetero) is 1. The lowest BCUT2D eigenvalue weighted by molar-refractivity contribution is 0.0969. The molecule has 4 heteroatoms. The summed E-state index contributed by atoms with van der Waals surface area (Å²) in [5.74, 6) is -0.891. The Labute approximate surface area is 69.4 Å². The van der Waals surface area contributed by atoms with Gasteiger partial charge in [0.2, 0.25) is 0 Å². The third-order valence-electron chi connectivity index (χ3n) is 1.42. The largest absolute Gasteiger partial charge is 0.364 e. The summed E-state index contributed by atoms with van der Waals surface area (Å²) in [7, 11) is 0. The number of pyridine rings is 1. The van der Waals surface area contributed by atoms with E-state index in [1.807, 2.05) is 0 Å². The molecule has 0 unspecified atom stereocenters. The second kappa shape index (κ2) is 3.13. The number of primary amides is 1. The molecule has 12 heavy (non-hydrogen) atoms. The van der Waals surface area contributed by atoms with Gasteiger partial charge in [0, 0.05) is 11.8 Å². The Morgan fingerprint density at radius 1 is 1.50 bits per heavy atom. The van der Waals surface area contributed by atoms with Crippen LogP contribution in [-0.4, -0.2) is 16.7 Å². The molecule has 1 amide bonds. The topological polar surface area (TPSA) is 73.1 Å². The first-order chi connectivity index (χ1) is 5.63. The number of hydrogen-bond acceptors (Lipinski definition) is 3. The Balaban J connectivity index is 3.27. The van der Waals surface area contributed by atoms with Crippen LogP contribution < -0.4 is 5.73 Å². The average molecular weight is 164 g/mol. The number of aromatic nitrogens is 1. The molecule has 0 aliphatic rings. The minimum absolute atomic E-state index is 0.0324. The summed E-state index contributed by atoms with van der Waals surface area (Å²) in [6.45, 7) is 1.36. The number of nitrogens with zero attached hydrogens (tertiary/aromatic N) is 1. The quantitative estimate of drug-likeness (QED) is 0.642. The SMILES string of the molecule is CC(=O)c1cccnc1C(N)=O. The minimum Gasteiger partial charge on any atom is -0.364 e. The zero-order valence-corrected chi connectivity index (χ0v) is 6.57. The Morgan fingerprint density at radius 3 is 2.58 bits per heavy atom. The molecule has 0 saturated carbocycles. The van der Waals surface area contributed by atoms with Gasteiger partial charge >= 0.3 is 0 Å². The number of carbonyl (C=O) groups excluding carboxylic acids is 2. The molecule has 1 heterocycles. The van der Waals surface area contributed by atoms with Gasteiger partial charge in [-0.05, 0) is 19.1 Å². The van der Waals surface area contributed by atoms with Gasteiger partial charge in [-0.2, -0.15) is 0 Å². The molecule has 0 fully saturated rings. The third kappa shape index (κ3) is 1.47. The lowest BCUT2D eigenvalue weighted by Gasteiger charge is -1.99.